The van der Waals surface area contributed by atoms with E-state index >= 15 is 0 Å². The van der Waals surface area contributed by atoms with Crippen LogP contribution in [0.25, 0.3) is 0 Å². The van der Waals surface area contributed by atoms with E-state index in [1.165, 1.54) is 0 Å². The number of likely N-dealkylation sites (tertiary alicyclic amines) is 1. The van der Waals surface area contributed by atoms with Gasteiger partial charge in [0.25, 0.3) is 0 Å². The highest BCUT2D eigenvalue weighted by atomic mass is 19.1. The molecule has 1 heterocycles. The minimum Gasteiger partial charge on any atom is -0.481 e. The molecule has 108 valence electrons. The van der Waals surface area contributed by atoms with Crippen LogP contribution in [0.4, 0.5) is 9.18 Å². The van der Waals surface area contributed by atoms with Crippen molar-refractivity contribution in [2.45, 2.75) is 50.6 Å². The van der Waals surface area contributed by atoms with Crippen molar-refractivity contribution < 1.29 is 19.1 Å². The number of carbonyl (C=O) groups is 2. The van der Waals surface area contributed by atoms with Gasteiger partial charge in [-0.3, -0.25) is 4.79 Å². The van der Waals surface area contributed by atoms with Crippen LogP contribution in [0, 0.1) is 5.92 Å². The van der Waals surface area contributed by atoms with E-state index in [2.05, 4.69) is 5.32 Å². The molecule has 1 unspecified atom stereocenters. The van der Waals surface area contributed by atoms with E-state index < -0.39 is 12.6 Å². The normalized spacial score (nSPS) is 31.2. The Balaban J connectivity index is 1.79. The van der Waals surface area contributed by atoms with Gasteiger partial charge in [-0.2, -0.15) is 0 Å². The van der Waals surface area contributed by atoms with Gasteiger partial charge in [-0.05, 0) is 38.5 Å². The van der Waals surface area contributed by atoms with Crippen LogP contribution in [-0.2, 0) is 4.79 Å². The number of alkyl halides is 1. The first-order valence-corrected chi connectivity index (χ1v) is 6.97. The molecule has 1 saturated heterocycles. The lowest BCUT2D eigenvalue weighted by molar-refractivity contribution is -0.142. The molecular formula is C13H21FN2O3. The van der Waals surface area contributed by atoms with Gasteiger partial charge in [0.2, 0.25) is 0 Å². The fraction of sp³-hybridized carbons (Fsp3) is 0.846. The first-order chi connectivity index (χ1) is 9.11. The van der Waals surface area contributed by atoms with Gasteiger partial charge in [-0.1, -0.05) is 0 Å². The summed E-state index contributed by atoms with van der Waals surface area (Å²) in [7, 11) is 0. The third-order valence-corrected chi connectivity index (χ3v) is 4.22. The van der Waals surface area contributed by atoms with Crippen LogP contribution in [0.3, 0.4) is 0 Å². The number of nitrogens with one attached hydrogen (secondary N) is 1. The number of carbonyl (C=O) groups excluding carboxylic acids is 1. The maximum Gasteiger partial charge on any atom is 0.317 e. The summed E-state index contributed by atoms with van der Waals surface area (Å²) in [6.45, 7) is 0.129. The summed E-state index contributed by atoms with van der Waals surface area (Å²) in [5.41, 5.74) is 0. The second kappa shape index (κ2) is 6.21. The molecule has 5 nitrogen and oxygen atoms in total. The largest absolute Gasteiger partial charge is 0.481 e. The molecule has 1 aliphatic carbocycles. The summed E-state index contributed by atoms with van der Waals surface area (Å²) >= 11 is 0. The van der Waals surface area contributed by atoms with E-state index in [1.54, 1.807) is 4.90 Å². The molecule has 19 heavy (non-hydrogen) atoms. The molecule has 1 aliphatic heterocycles. The molecule has 2 amide bonds. The van der Waals surface area contributed by atoms with Crippen molar-refractivity contribution in [3.8, 4) is 0 Å². The van der Waals surface area contributed by atoms with Crippen molar-refractivity contribution in [2.75, 3.05) is 13.2 Å². The molecule has 0 aromatic carbocycles. The lowest BCUT2D eigenvalue weighted by Gasteiger charge is -2.30. The minimum absolute atomic E-state index is 0.0314. The zero-order valence-electron chi connectivity index (χ0n) is 11.0. The lowest BCUT2D eigenvalue weighted by Crippen LogP contribution is -2.48. The zero-order valence-corrected chi connectivity index (χ0v) is 11.0. The highest BCUT2D eigenvalue weighted by Crippen LogP contribution is 2.25. The van der Waals surface area contributed by atoms with E-state index in [0.29, 0.717) is 32.2 Å². The predicted octanol–water partition coefficient (Wildman–Crippen LogP) is 1.77. The van der Waals surface area contributed by atoms with E-state index in [4.69, 9.17) is 5.11 Å². The van der Waals surface area contributed by atoms with Gasteiger partial charge in [0.1, 0.15) is 6.67 Å². The Hall–Kier alpha value is -1.33. The SMILES string of the molecule is O=C(O)C1CCC(NC(=O)N2CCCC2CF)CC1. The Bertz CT molecular complexity index is 343. The first-order valence-electron chi connectivity index (χ1n) is 6.97. The first kappa shape index (κ1) is 14.1. The number of halogens is 1. The molecule has 2 fully saturated rings. The Labute approximate surface area is 112 Å². The summed E-state index contributed by atoms with van der Waals surface area (Å²) in [5.74, 6) is -1.03. The van der Waals surface area contributed by atoms with Crippen LogP contribution in [0.1, 0.15) is 38.5 Å². The number of urea groups is 1. The number of nitrogens with zero attached hydrogens (tertiary/aromatic N) is 1. The molecule has 0 bridgehead atoms. The van der Waals surface area contributed by atoms with Gasteiger partial charge in [0, 0.05) is 12.6 Å². The summed E-state index contributed by atoms with van der Waals surface area (Å²) < 4.78 is 12.7. The van der Waals surface area contributed by atoms with Gasteiger partial charge in [0.15, 0.2) is 0 Å². The minimum atomic E-state index is -0.748. The Kier molecular flexibility index (Phi) is 4.61. The highest BCUT2D eigenvalue weighted by Gasteiger charge is 2.31. The molecule has 6 heteroatoms. The van der Waals surface area contributed by atoms with Crippen LogP contribution >= 0.6 is 0 Å². The van der Waals surface area contributed by atoms with Crippen molar-refractivity contribution in [1.82, 2.24) is 10.2 Å². The summed E-state index contributed by atoms with van der Waals surface area (Å²) in [5, 5.41) is 11.8. The molecular weight excluding hydrogens is 251 g/mol. The number of rotatable bonds is 3. The topological polar surface area (TPSA) is 69.6 Å². The van der Waals surface area contributed by atoms with Crippen LogP contribution in [0.15, 0.2) is 0 Å². The second-order valence-corrected chi connectivity index (χ2v) is 5.48. The predicted molar refractivity (Wildman–Crippen MR) is 67.6 cm³/mol. The maximum atomic E-state index is 12.7. The Morgan fingerprint density at radius 1 is 1.21 bits per heavy atom. The molecule has 0 aromatic heterocycles. The quantitative estimate of drug-likeness (QED) is 0.822. The lowest BCUT2D eigenvalue weighted by atomic mass is 9.86. The number of hydrogen-bond acceptors (Lipinski definition) is 2. The van der Waals surface area contributed by atoms with Crippen molar-refractivity contribution in [1.29, 1.82) is 0 Å². The van der Waals surface area contributed by atoms with Gasteiger partial charge in [-0.15, -0.1) is 0 Å². The molecule has 2 N–H and O–H groups in total. The third-order valence-electron chi connectivity index (χ3n) is 4.22. The summed E-state index contributed by atoms with van der Waals surface area (Å²) in [6.07, 6.45) is 4.18. The zero-order chi connectivity index (χ0) is 13.8. The standard InChI is InChI=1S/C13H21FN2O3/c14-8-11-2-1-7-16(11)13(19)15-10-5-3-9(4-6-10)12(17)18/h9-11H,1-8H2,(H,15,19)(H,17,18). The van der Waals surface area contributed by atoms with E-state index in [0.717, 1.165) is 12.8 Å². The number of amides is 2. The maximum absolute atomic E-state index is 12.7. The van der Waals surface area contributed by atoms with Crippen LogP contribution < -0.4 is 5.32 Å². The van der Waals surface area contributed by atoms with E-state index in [-0.39, 0.29) is 24.0 Å². The molecule has 0 aromatic rings. The fourth-order valence-corrected chi connectivity index (χ4v) is 3.01. The van der Waals surface area contributed by atoms with Crippen molar-refractivity contribution in [2.24, 2.45) is 5.92 Å². The smallest absolute Gasteiger partial charge is 0.317 e. The van der Waals surface area contributed by atoms with Gasteiger partial charge in [0.05, 0.1) is 12.0 Å². The summed E-state index contributed by atoms with van der Waals surface area (Å²) in [6, 6.07) is -0.446. The fourth-order valence-electron chi connectivity index (χ4n) is 3.01. The third kappa shape index (κ3) is 3.36. The average Bonchev–Trinajstić information content (AvgIpc) is 2.87. The number of hydrogen-bond donors (Lipinski definition) is 2. The highest BCUT2D eigenvalue weighted by molar-refractivity contribution is 5.75. The second-order valence-electron chi connectivity index (χ2n) is 5.48. The monoisotopic (exact) mass is 272 g/mol. The van der Waals surface area contributed by atoms with Crippen LogP contribution in [-0.4, -0.2) is 47.3 Å². The number of carboxylic acid groups (broad SMARTS) is 1. The van der Waals surface area contributed by atoms with Crippen LogP contribution in [0.5, 0.6) is 0 Å². The van der Waals surface area contributed by atoms with E-state index in [1.807, 2.05) is 0 Å². The molecule has 0 spiro atoms. The average molecular weight is 272 g/mol. The van der Waals surface area contributed by atoms with Gasteiger partial charge < -0.3 is 15.3 Å². The van der Waals surface area contributed by atoms with Crippen molar-refractivity contribution in [3.05, 3.63) is 0 Å². The molecule has 2 rings (SSSR count). The number of carboxylic acids is 1. The van der Waals surface area contributed by atoms with Crippen molar-refractivity contribution in [3.63, 3.8) is 0 Å². The van der Waals surface area contributed by atoms with Crippen LogP contribution in [0.2, 0.25) is 0 Å². The molecule has 1 atom stereocenters. The summed E-state index contributed by atoms with van der Waals surface area (Å²) in [4.78, 5) is 24.4. The Morgan fingerprint density at radius 2 is 1.89 bits per heavy atom. The Morgan fingerprint density at radius 3 is 2.47 bits per heavy atom. The van der Waals surface area contributed by atoms with Gasteiger partial charge in [-0.25, -0.2) is 9.18 Å². The number of aliphatic carboxylic acids is 1. The van der Waals surface area contributed by atoms with Crippen molar-refractivity contribution >= 4 is 12.0 Å². The van der Waals surface area contributed by atoms with E-state index in [9.17, 15) is 14.0 Å². The van der Waals surface area contributed by atoms with Gasteiger partial charge >= 0.3 is 12.0 Å². The molecule has 1 saturated carbocycles. The molecule has 0 radical (unpaired) electrons. The molecule has 2 aliphatic rings.